The van der Waals surface area contributed by atoms with Gasteiger partial charge in [0.25, 0.3) is 0 Å². The highest BCUT2D eigenvalue weighted by molar-refractivity contribution is 7.89. The Morgan fingerprint density at radius 3 is 2.68 bits per heavy atom. The van der Waals surface area contributed by atoms with Crippen LogP contribution in [-0.2, 0) is 10.0 Å². The van der Waals surface area contributed by atoms with E-state index in [-0.39, 0.29) is 4.90 Å². The van der Waals surface area contributed by atoms with Crippen molar-refractivity contribution >= 4 is 15.7 Å². The summed E-state index contributed by atoms with van der Waals surface area (Å²) in [6.45, 7) is 0.486. The molecule has 1 saturated carbocycles. The smallest absolute Gasteiger partial charge is 0.244 e. The van der Waals surface area contributed by atoms with Crippen LogP contribution < -0.4 is 15.2 Å². The predicted octanol–water partition coefficient (Wildman–Crippen LogP) is 1.75. The van der Waals surface area contributed by atoms with Gasteiger partial charge >= 0.3 is 0 Å². The molecule has 1 aliphatic carbocycles. The molecule has 6 heteroatoms. The number of hydrogen-bond donors (Lipinski definition) is 2. The van der Waals surface area contributed by atoms with E-state index in [1.807, 2.05) is 0 Å². The molecule has 19 heavy (non-hydrogen) atoms. The Balaban J connectivity index is 2.16. The van der Waals surface area contributed by atoms with Gasteiger partial charge in [0.2, 0.25) is 10.0 Å². The fraction of sp³-hybridized carbons (Fsp3) is 0.538. The molecule has 3 N–H and O–H groups in total. The number of nitrogens with one attached hydrogen (secondary N) is 1. The summed E-state index contributed by atoms with van der Waals surface area (Å²) in [5, 5.41) is 0. The van der Waals surface area contributed by atoms with Crippen LogP contribution in [0.2, 0.25) is 0 Å². The van der Waals surface area contributed by atoms with Gasteiger partial charge < -0.3 is 10.5 Å². The fourth-order valence-corrected chi connectivity index (χ4v) is 3.74. The summed E-state index contributed by atoms with van der Waals surface area (Å²) in [5.41, 5.74) is 6.05. The second-order valence-corrected chi connectivity index (χ2v) is 6.65. The first-order valence-electron chi connectivity index (χ1n) is 6.46. The van der Waals surface area contributed by atoms with E-state index in [1.165, 1.54) is 26.0 Å². The zero-order valence-electron chi connectivity index (χ0n) is 11.1. The van der Waals surface area contributed by atoms with Crippen LogP contribution in [0.1, 0.15) is 25.7 Å². The van der Waals surface area contributed by atoms with E-state index < -0.39 is 10.0 Å². The molecule has 0 unspecified atom stereocenters. The van der Waals surface area contributed by atoms with Crippen molar-refractivity contribution < 1.29 is 13.2 Å². The molecule has 2 rings (SSSR count). The summed E-state index contributed by atoms with van der Waals surface area (Å²) < 4.78 is 32.3. The average molecular weight is 284 g/mol. The lowest BCUT2D eigenvalue weighted by molar-refractivity contribution is 0.402. The van der Waals surface area contributed by atoms with E-state index in [0.29, 0.717) is 23.9 Å². The Morgan fingerprint density at radius 1 is 1.37 bits per heavy atom. The molecule has 0 heterocycles. The van der Waals surface area contributed by atoms with Gasteiger partial charge in [0.05, 0.1) is 7.11 Å². The number of sulfonamides is 1. The first-order valence-corrected chi connectivity index (χ1v) is 7.94. The average Bonchev–Trinajstić information content (AvgIpc) is 2.89. The van der Waals surface area contributed by atoms with E-state index >= 15 is 0 Å². The van der Waals surface area contributed by atoms with Crippen molar-refractivity contribution in [2.24, 2.45) is 5.92 Å². The van der Waals surface area contributed by atoms with Crippen LogP contribution in [-0.4, -0.2) is 22.1 Å². The van der Waals surface area contributed by atoms with Gasteiger partial charge in [-0.2, -0.15) is 0 Å². The SMILES string of the molecule is COc1ccc(N)cc1S(=O)(=O)NCC1CCCC1. The Hall–Kier alpha value is -1.27. The minimum atomic E-state index is -3.57. The normalized spacial score (nSPS) is 16.7. The van der Waals surface area contributed by atoms with Crippen LogP contribution in [0.3, 0.4) is 0 Å². The summed E-state index contributed by atoms with van der Waals surface area (Å²) in [7, 11) is -2.12. The van der Waals surface area contributed by atoms with Gasteiger partial charge in [0, 0.05) is 12.2 Å². The number of anilines is 1. The minimum absolute atomic E-state index is 0.105. The number of nitrogens with two attached hydrogens (primary N) is 1. The predicted molar refractivity (Wildman–Crippen MR) is 74.6 cm³/mol. The summed E-state index contributed by atoms with van der Waals surface area (Å²) in [5.74, 6) is 0.759. The molecular weight excluding hydrogens is 264 g/mol. The zero-order chi connectivity index (χ0) is 13.9. The lowest BCUT2D eigenvalue weighted by Crippen LogP contribution is -2.28. The zero-order valence-corrected chi connectivity index (χ0v) is 11.9. The number of benzene rings is 1. The van der Waals surface area contributed by atoms with Crippen molar-refractivity contribution in [2.45, 2.75) is 30.6 Å². The van der Waals surface area contributed by atoms with Crippen LogP contribution in [0.25, 0.3) is 0 Å². The maximum atomic E-state index is 12.3. The third-order valence-corrected chi connectivity index (χ3v) is 4.96. The van der Waals surface area contributed by atoms with Gasteiger partial charge in [-0.3, -0.25) is 0 Å². The molecular formula is C13H20N2O3S. The summed E-state index contributed by atoms with van der Waals surface area (Å²) in [6, 6.07) is 4.62. The summed E-state index contributed by atoms with van der Waals surface area (Å²) >= 11 is 0. The third-order valence-electron chi connectivity index (χ3n) is 3.51. The molecule has 0 saturated heterocycles. The molecule has 1 aliphatic rings. The van der Waals surface area contributed by atoms with Crippen LogP contribution >= 0.6 is 0 Å². The van der Waals surface area contributed by atoms with Gasteiger partial charge in [-0.25, -0.2) is 13.1 Å². The lowest BCUT2D eigenvalue weighted by Gasteiger charge is -2.13. The van der Waals surface area contributed by atoms with Crippen LogP contribution in [0, 0.1) is 5.92 Å². The first kappa shape index (κ1) is 14.1. The second kappa shape index (κ2) is 5.79. The van der Waals surface area contributed by atoms with Crippen LogP contribution in [0.4, 0.5) is 5.69 Å². The van der Waals surface area contributed by atoms with Gasteiger partial charge in [0.15, 0.2) is 0 Å². The van der Waals surface area contributed by atoms with E-state index in [4.69, 9.17) is 10.5 Å². The van der Waals surface area contributed by atoms with Crippen molar-refractivity contribution in [3.8, 4) is 5.75 Å². The lowest BCUT2D eigenvalue weighted by atomic mass is 10.1. The van der Waals surface area contributed by atoms with E-state index in [2.05, 4.69) is 4.72 Å². The number of nitrogen functional groups attached to an aromatic ring is 1. The molecule has 0 aromatic heterocycles. The van der Waals surface area contributed by atoms with Crippen molar-refractivity contribution in [1.82, 2.24) is 4.72 Å². The molecule has 0 atom stereocenters. The minimum Gasteiger partial charge on any atom is -0.495 e. The molecule has 0 radical (unpaired) electrons. The van der Waals surface area contributed by atoms with Crippen LogP contribution in [0.5, 0.6) is 5.75 Å². The Morgan fingerprint density at radius 2 is 2.05 bits per heavy atom. The molecule has 1 fully saturated rings. The van der Waals surface area contributed by atoms with Crippen LogP contribution in [0.15, 0.2) is 23.1 Å². The maximum Gasteiger partial charge on any atom is 0.244 e. The summed E-state index contributed by atoms with van der Waals surface area (Å²) in [4.78, 5) is 0.105. The van der Waals surface area contributed by atoms with E-state index in [1.54, 1.807) is 12.1 Å². The fourth-order valence-electron chi connectivity index (χ4n) is 2.42. The number of rotatable bonds is 5. The topological polar surface area (TPSA) is 81.4 Å². The molecule has 0 aliphatic heterocycles. The Bertz CT molecular complexity index is 537. The molecule has 106 valence electrons. The van der Waals surface area contributed by atoms with Crippen molar-refractivity contribution in [1.29, 1.82) is 0 Å². The van der Waals surface area contributed by atoms with Crippen molar-refractivity contribution in [3.63, 3.8) is 0 Å². The highest BCUT2D eigenvalue weighted by Crippen LogP contribution is 2.27. The van der Waals surface area contributed by atoms with Gasteiger partial charge in [0.1, 0.15) is 10.6 Å². The van der Waals surface area contributed by atoms with Gasteiger partial charge in [-0.05, 0) is 37.0 Å². The highest BCUT2D eigenvalue weighted by Gasteiger charge is 2.22. The van der Waals surface area contributed by atoms with Crippen molar-refractivity contribution in [2.75, 3.05) is 19.4 Å². The maximum absolute atomic E-state index is 12.3. The first-order chi connectivity index (χ1) is 9.03. The summed E-state index contributed by atoms with van der Waals surface area (Å²) in [6.07, 6.45) is 4.56. The quantitative estimate of drug-likeness (QED) is 0.807. The number of hydrogen-bond acceptors (Lipinski definition) is 4. The van der Waals surface area contributed by atoms with Crippen molar-refractivity contribution in [3.05, 3.63) is 18.2 Å². The molecule has 1 aromatic carbocycles. The molecule has 5 nitrogen and oxygen atoms in total. The van der Waals surface area contributed by atoms with E-state index in [0.717, 1.165) is 12.8 Å². The number of methoxy groups -OCH3 is 1. The second-order valence-electron chi connectivity index (χ2n) is 4.91. The standard InChI is InChI=1S/C13H20N2O3S/c1-18-12-7-6-11(14)8-13(12)19(16,17)15-9-10-4-2-3-5-10/h6-8,10,15H,2-5,9,14H2,1H3. The number of ether oxygens (including phenoxy) is 1. The molecule has 0 spiro atoms. The van der Waals surface area contributed by atoms with Gasteiger partial charge in [-0.15, -0.1) is 0 Å². The largest absolute Gasteiger partial charge is 0.495 e. The monoisotopic (exact) mass is 284 g/mol. The Kier molecular flexibility index (Phi) is 4.31. The molecule has 0 bridgehead atoms. The van der Waals surface area contributed by atoms with E-state index in [9.17, 15) is 8.42 Å². The highest BCUT2D eigenvalue weighted by atomic mass is 32.2. The molecule has 1 aromatic rings. The third kappa shape index (κ3) is 3.39. The Labute approximate surface area is 114 Å². The van der Waals surface area contributed by atoms with Gasteiger partial charge in [-0.1, -0.05) is 12.8 Å². The molecule has 0 amide bonds.